The number of benzene rings is 2. The Morgan fingerprint density at radius 2 is 1.63 bits per heavy atom. The Hall–Kier alpha value is -0.740. The first-order valence-corrected chi connectivity index (χ1v) is 7.11. The standard InChI is InChI=1S/C13H7BrCl3NO/c14-8-1-2-11(17)12(5-8)18-13(19)7-3-9(15)6-10(16)4-7/h1-6H,(H,18,19). The molecule has 98 valence electrons. The molecule has 6 heteroatoms. The van der Waals surface area contributed by atoms with Gasteiger partial charge in [0.2, 0.25) is 0 Å². The molecule has 0 bridgehead atoms. The quantitative estimate of drug-likeness (QED) is 0.716. The number of halogens is 4. The maximum atomic E-state index is 12.1. The van der Waals surface area contributed by atoms with E-state index in [0.29, 0.717) is 26.3 Å². The normalized spacial score (nSPS) is 10.3. The number of amides is 1. The van der Waals surface area contributed by atoms with Gasteiger partial charge in [-0.2, -0.15) is 0 Å². The summed E-state index contributed by atoms with van der Waals surface area (Å²) >= 11 is 21.0. The SMILES string of the molecule is O=C(Nc1cc(Br)ccc1Cl)c1cc(Cl)cc(Cl)c1. The Kier molecular flexibility index (Phi) is 4.74. The number of carbonyl (C=O) groups is 1. The fourth-order valence-corrected chi connectivity index (χ4v) is 2.52. The van der Waals surface area contributed by atoms with Crippen LogP contribution in [0.15, 0.2) is 40.9 Å². The Morgan fingerprint density at radius 1 is 1.00 bits per heavy atom. The molecule has 0 aliphatic heterocycles. The number of carbonyl (C=O) groups excluding carboxylic acids is 1. The lowest BCUT2D eigenvalue weighted by Gasteiger charge is -2.08. The van der Waals surface area contributed by atoms with E-state index in [-0.39, 0.29) is 5.91 Å². The van der Waals surface area contributed by atoms with E-state index < -0.39 is 0 Å². The largest absolute Gasteiger partial charge is 0.321 e. The van der Waals surface area contributed by atoms with Crippen LogP contribution in [-0.2, 0) is 0 Å². The molecule has 0 unspecified atom stereocenters. The monoisotopic (exact) mass is 377 g/mol. The summed E-state index contributed by atoms with van der Waals surface area (Å²) in [6.45, 7) is 0. The van der Waals surface area contributed by atoms with E-state index in [4.69, 9.17) is 34.8 Å². The second-order valence-electron chi connectivity index (χ2n) is 3.74. The van der Waals surface area contributed by atoms with Gasteiger partial charge in [0, 0.05) is 20.1 Å². The first-order valence-electron chi connectivity index (χ1n) is 5.18. The number of hydrogen-bond donors (Lipinski definition) is 1. The third-order valence-electron chi connectivity index (χ3n) is 2.30. The molecule has 19 heavy (non-hydrogen) atoms. The van der Waals surface area contributed by atoms with Crippen molar-refractivity contribution in [1.29, 1.82) is 0 Å². The van der Waals surface area contributed by atoms with Crippen LogP contribution in [0.25, 0.3) is 0 Å². The molecule has 1 amide bonds. The number of anilines is 1. The minimum Gasteiger partial charge on any atom is -0.321 e. The first kappa shape index (κ1) is 14.7. The number of hydrogen-bond acceptors (Lipinski definition) is 1. The minimum atomic E-state index is -0.329. The van der Waals surface area contributed by atoms with E-state index in [1.807, 2.05) is 0 Å². The summed E-state index contributed by atoms with van der Waals surface area (Å²) in [5, 5.41) is 3.95. The Labute approximate surface area is 133 Å². The molecule has 2 nitrogen and oxygen atoms in total. The lowest BCUT2D eigenvalue weighted by molar-refractivity contribution is 0.102. The zero-order chi connectivity index (χ0) is 14.0. The van der Waals surface area contributed by atoms with Crippen molar-refractivity contribution >= 4 is 62.3 Å². The van der Waals surface area contributed by atoms with E-state index in [1.165, 1.54) is 12.1 Å². The molecule has 0 heterocycles. The summed E-state index contributed by atoms with van der Waals surface area (Å²) in [4.78, 5) is 12.1. The second kappa shape index (κ2) is 6.14. The van der Waals surface area contributed by atoms with Crippen LogP contribution in [0.4, 0.5) is 5.69 Å². The van der Waals surface area contributed by atoms with Gasteiger partial charge in [-0.25, -0.2) is 0 Å². The van der Waals surface area contributed by atoms with Crippen molar-refractivity contribution in [2.45, 2.75) is 0 Å². The molecule has 0 aliphatic carbocycles. The first-order chi connectivity index (χ1) is 8.95. The van der Waals surface area contributed by atoms with Crippen molar-refractivity contribution in [3.8, 4) is 0 Å². The van der Waals surface area contributed by atoms with Crippen LogP contribution >= 0.6 is 50.7 Å². The second-order valence-corrected chi connectivity index (χ2v) is 5.93. The molecule has 0 aliphatic rings. The van der Waals surface area contributed by atoms with Crippen LogP contribution in [0.5, 0.6) is 0 Å². The van der Waals surface area contributed by atoms with Gasteiger partial charge in [0.05, 0.1) is 10.7 Å². The fourth-order valence-electron chi connectivity index (χ4n) is 1.47. The molecule has 2 aromatic carbocycles. The molecule has 0 saturated carbocycles. The van der Waals surface area contributed by atoms with Gasteiger partial charge in [-0.3, -0.25) is 4.79 Å². The van der Waals surface area contributed by atoms with Gasteiger partial charge in [-0.1, -0.05) is 50.7 Å². The van der Waals surface area contributed by atoms with Gasteiger partial charge in [-0.15, -0.1) is 0 Å². The molecule has 2 aromatic rings. The maximum absolute atomic E-state index is 12.1. The predicted octanol–water partition coefficient (Wildman–Crippen LogP) is 5.66. The van der Waals surface area contributed by atoms with Crippen molar-refractivity contribution in [1.82, 2.24) is 0 Å². The van der Waals surface area contributed by atoms with Crippen LogP contribution in [0, 0.1) is 0 Å². The van der Waals surface area contributed by atoms with E-state index in [2.05, 4.69) is 21.2 Å². The van der Waals surface area contributed by atoms with E-state index >= 15 is 0 Å². The third kappa shape index (κ3) is 3.86. The summed E-state index contributed by atoms with van der Waals surface area (Å²) < 4.78 is 0.816. The van der Waals surface area contributed by atoms with Crippen molar-refractivity contribution in [3.63, 3.8) is 0 Å². The van der Waals surface area contributed by atoms with Gasteiger partial charge in [0.1, 0.15) is 0 Å². The van der Waals surface area contributed by atoms with Crippen LogP contribution < -0.4 is 5.32 Å². The number of nitrogens with one attached hydrogen (secondary N) is 1. The highest BCUT2D eigenvalue weighted by Gasteiger charge is 2.10. The molecule has 1 N–H and O–H groups in total. The maximum Gasteiger partial charge on any atom is 0.255 e. The van der Waals surface area contributed by atoms with Gasteiger partial charge in [0.15, 0.2) is 0 Å². The van der Waals surface area contributed by atoms with E-state index in [1.54, 1.807) is 24.3 Å². The van der Waals surface area contributed by atoms with E-state index in [0.717, 1.165) is 4.47 Å². The summed E-state index contributed by atoms with van der Waals surface area (Å²) in [5.41, 5.74) is 0.880. The van der Waals surface area contributed by atoms with Gasteiger partial charge in [-0.05, 0) is 36.4 Å². The zero-order valence-corrected chi connectivity index (χ0v) is 13.2. The Balaban J connectivity index is 2.28. The molecule has 0 fully saturated rings. The molecule has 0 saturated heterocycles. The van der Waals surface area contributed by atoms with Crippen molar-refractivity contribution < 1.29 is 4.79 Å². The lowest BCUT2D eigenvalue weighted by atomic mass is 10.2. The highest BCUT2D eigenvalue weighted by Crippen LogP contribution is 2.27. The third-order valence-corrected chi connectivity index (χ3v) is 3.56. The van der Waals surface area contributed by atoms with Crippen molar-refractivity contribution in [3.05, 3.63) is 61.5 Å². The van der Waals surface area contributed by atoms with Crippen molar-refractivity contribution in [2.24, 2.45) is 0 Å². The van der Waals surface area contributed by atoms with Crippen LogP contribution in [0.2, 0.25) is 15.1 Å². The van der Waals surface area contributed by atoms with Crippen LogP contribution in [-0.4, -0.2) is 5.91 Å². The van der Waals surface area contributed by atoms with Crippen LogP contribution in [0.1, 0.15) is 10.4 Å². The lowest BCUT2D eigenvalue weighted by Crippen LogP contribution is -2.12. The van der Waals surface area contributed by atoms with Gasteiger partial charge >= 0.3 is 0 Å². The molecule has 0 aromatic heterocycles. The van der Waals surface area contributed by atoms with Crippen LogP contribution in [0.3, 0.4) is 0 Å². The minimum absolute atomic E-state index is 0.329. The van der Waals surface area contributed by atoms with Gasteiger partial charge in [0.25, 0.3) is 5.91 Å². The highest BCUT2D eigenvalue weighted by atomic mass is 79.9. The average molecular weight is 379 g/mol. The average Bonchev–Trinajstić information content (AvgIpc) is 2.32. The smallest absolute Gasteiger partial charge is 0.255 e. The Bertz CT molecular complexity index is 626. The molecular formula is C13H7BrCl3NO. The Morgan fingerprint density at radius 3 is 2.26 bits per heavy atom. The summed E-state index contributed by atoms with van der Waals surface area (Å²) in [5.74, 6) is -0.329. The van der Waals surface area contributed by atoms with Crippen molar-refractivity contribution in [2.75, 3.05) is 5.32 Å². The molecular weight excluding hydrogens is 372 g/mol. The molecule has 0 radical (unpaired) electrons. The summed E-state index contributed by atoms with van der Waals surface area (Å²) in [6, 6.07) is 9.82. The fraction of sp³-hybridized carbons (Fsp3) is 0. The topological polar surface area (TPSA) is 29.1 Å². The zero-order valence-electron chi connectivity index (χ0n) is 9.38. The summed E-state index contributed by atoms with van der Waals surface area (Å²) in [6.07, 6.45) is 0. The highest BCUT2D eigenvalue weighted by molar-refractivity contribution is 9.10. The summed E-state index contributed by atoms with van der Waals surface area (Å²) in [7, 11) is 0. The van der Waals surface area contributed by atoms with Gasteiger partial charge < -0.3 is 5.32 Å². The molecule has 2 rings (SSSR count). The molecule has 0 atom stereocenters. The van der Waals surface area contributed by atoms with E-state index in [9.17, 15) is 4.79 Å². The number of rotatable bonds is 2. The predicted molar refractivity (Wildman–Crippen MR) is 83.6 cm³/mol. The molecule has 0 spiro atoms.